The van der Waals surface area contributed by atoms with Crippen LogP contribution in [0.2, 0.25) is 0 Å². The van der Waals surface area contributed by atoms with Gasteiger partial charge < -0.3 is 0 Å². The van der Waals surface area contributed by atoms with Crippen LogP contribution in [0.5, 0.6) is 0 Å². The standard InChI is InChI=1S/C25H14BrN3S2/c26-25-28-23(17-10-5-8-15-7-1-2-9-16(15)17)27-24(29-25)18-11-6-14-21-22(18)31-20-13-4-3-12-19(20)30-21/h1-14H. The molecule has 0 saturated heterocycles. The van der Waals surface area contributed by atoms with E-state index in [1.807, 2.05) is 18.2 Å². The van der Waals surface area contributed by atoms with Gasteiger partial charge in [0, 0.05) is 30.7 Å². The van der Waals surface area contributed by atoms with Crippen molar-refractivity contribution in [1.82, 2.24) is 15.0 Å². The lowest BCUT2D eigenvalue weighted by Gasteiger charge is -2.20. The third kappa shape index (κ3) is 3.45. The predicted molar refractivity (Wildman–Crippen MR) is 131 cm³/mol. The largest absolute Gasteiger partial charge is 0.208 e. The molecule has 0 fully saturated rings. The number of fused-ring (bicyclic) bond motifs is 3. The number of hydrogen-bond donors (Lipinski definition) is 0. The van der Waals surface area contributed by atoms with E-state index in [1.54, 1.807) is 23.5 Å². The fourth-order valence-corrected chi connectivity index (χ4v) is 6.45. The van der Waals surface area contributed by atoms with Crippen LogP contribution in [0.25, 0.3) is 33.5 Å². The molecule has 0 saturated carbocycles. The second-order valence-corrected chi connectivity index (χ2v) is 9.91. The molecule has 31 heavy (non-hydrogen) atoms. The Hall–Kier alpha value is -2.67. The second kappa shape index (κ2) is 7.79. The molecule has 0 spiro atoms. The van der Waals surface area contributed by atoms with Crippen LogP contribution in [0.1, 0.15) is 0 Å². The molecule has 0 N–H and O–H groups in total. The number of benzene rings is 4. The zero-order chi connectivity index (χ0) is 20.8. The summed E-state index contributed by atoms with van der Waals surface area (Å²) in [6, 6.07) is 29.3. The summed E-state index contributed by atoms with van der Waals surface area (Å²) in [6.45, 7) is 0. The van der Waals surface area contributed by atoms with Crippen molar-refractivity contribution in [1.29, 1.82) is 0 Å². The maximum absolute atomic E-state index is 4.91. The monoisotopic (exact) mass is 499 g/mol. The van der Waals surface area contributed by atoms with Crippen LogP contribution >= 0.6 is 39.5 Å². The lowest BCUT2D eigenvalue weighted by molar-refractivity contribution is 1.02. The van der Waals surface area contributed by atoms with E-state index in [0.717, 1.165) is 16.5 Å². The normalized spacial score (nSPS) is 12.4. The van der Waals surface area contributed by atoms with Crippen molar-refractivity contribution < 1.29 is 0 Å². The summed E-state index contributed by atoms with van der Waals surface area (Å²) < 4.78 is 0.534. The number of aromatic nitrogens is 3. The summed E-state index contributed by atoms with van der Waals surface area (Å²) in [5.74, 6) is 1.34. The molecule has 6 rings (SSSR count). The fourth-order valence-electron chi connectivity index (χ4n) is 3.74. The van der Waals surface area contributed by atoms with E-state index in [9.17, 15) is 0 Å². The first-order valence-electron chi connectivity index (χ1n) is 9.74. The van der Waals surface area contributed by atoms with Crippen molar-refractivity contribution in [2.24, 2.45) is 0 Å². The molecule has 1 aliphatic heterocycles. The molecular formula is C25H14BrN3S2. The van der Waals surface area contributed by atoms with Crippen molar-refractivity contribution in [3.05, 3.63) is 89.7 Å². The van der Waals surface area contributed by atoms with E-state index >= 15 is 0 Å². The van der Waals surface area contributed by atoms with Crippen LogP contribution in [0.15, 0.2) is 109 Å². The maximum Gasteiger partial charge on any atom is 0.200 e. The predicted octanol–water partition coefficient (Wildman–Crippen LogP) is 7.74. The van der Waals surface area contributed by atoms with Gasteiger partial charge in [0.05, 0.1) is 0 Å². The summed E-state index contributed by atoms with van der Waals surface area (Å²) in [5.41, 5.74) is 2.02. The minimum absolute atomic E-state index is 0.534. The van der Waals surface area contributed by atoms with Crippen molar-refractivity contribution >= 4 is 50.2 Å². The first-order valence-corrected chi connectivity index (χ1v) is 12.2. The summed E-state index contributed by atoms with van der Waals surface area (Å²) in [5, 5.41) is 2.29. The first kappa shape index (κ1) is 19.0. The second-order valence-electron chi connectivity index (χ2n) is 7.06. The van der Waals surface area contributed by atoms with Crippen molar-refractivity contribution in [2.45, 2.75) is 19.6 Å². The van der Waals surface area contributed by atoms with Gasteiger partial charge in [-0.25, -0.2) is 15.0 Å². The van der Waals surface area contributed by atoms with Crippen LogP contribution in [0.3, 0.4) is 0 Å². The molecule has 6 heteroatoms. The van der Waals surface area contributed by atoms with Gasteiger partial charge in [0.1, 0.15) is 0 Å². The zero-order valence-electron chi connectivity index (χ0n) is 16.1. The van der Waals surface area contributed by atoms with E-state index in [-0.39, 0.29) is 0 Å². The molecule has 1 aromatic heterocycles. The highest BCUT2D eigenvalue weighted by Crippen LogP contribution is 2.51. The highest BCUT2D eigenvalue weighted by molar-refractivity contribution is 9.10. The quantitative estimate of drug-likeness (QED) is 0.243. The number of halogens is 1. The topological polar surface area (TPSA) is 38.7 Å². The Morgan fingerprint density at radius 2 is 1.16 bits per heavy atom. The minimum atomic E-state index is 0.534. The molecule has 0 bridgehead atoms. The summed E-state index contributed by atoms with van der Waals surface area (Å²) in [6.07, 6.45) is 0. The number of rotatable bonds is 2. The summed E-state index contributed by atoms with van der Waals surface area (Å²) in [7, 11) is 0. The van der Waals surface area contributed by atoms with Gasteiger partial charge >= 0.3 is 0 Å². The Bertz CT molecular complexity index is 1460. The molecular weight excluding hydrogens is 486 g/mol. The zero-order valence-corrected chi connectivity index (χ0v) is 19.3. The number of nitrogens with zero attached hydrogens (tertiary/aromatic N) is 3. The third-order valence-electron chi connectivity index (χ3n) is 5.14. The van der Waals surface area contributed by atoms with E-state index in [1.165, 1.54) is 25.0 Å². The van der Waals surface area contributed by atoms with E-state index < -0.39 is 0 Å². The molecule has 2 heterocycles. The molecule has 1 aliphatic rings. The third-order valence-corrected chi connectivity index (χ3v) is 8.11. The molecule has 4 aromatic carbocycles. The smallest absolute Gasteiger partial charge is 0.200 e. The average molecular weight is 500 g/mol. The van der Waals surface area contributed by atoms with Gasteiger partial charge in [-0.3, -0.25) is 0 Å². The minimum Gasteiger partial charge on any atom is -0.208 e. The molecule has 0 radical (unpaired) electrons. The van der Waals surface area contributed by atoms with Gasteiger partial charge in [0.2, 0.25) is 4.73 Å². The van der Waals surface area contributed by atoms with Gasteiger partial charge in [-0.1, -0.05) is 84.2 Å². The molecule has 3 nitrogen and oxygen atoms in total. The van der Waals surface area contributed by atoms with Crippen LogP contribution in [-0.4, -0.2) is 15.0 Å². The molecule has 0 unspecified atom stereocenters. The van der Waals surface area contributed by atoms with Crippen LogP contribution < -0.4 is 0 Å². The van der Waals surface area contributed by atoms with Crippen LogP contribution in [-0.2, 0) is 0 Å². The van der Waals surface area contributed by atoms with Gasteiger partial charge in [-0.15, -0.1) is 0 Å². The molecule has 0 atom stereocenters. The van der Waals surface area contributed by atoms with Crippen molar-refractivity contribution in [3.8, 4) is 22.8 Å². The van der Waals surface area contributed by atoms with Gasteiger partial charge in [-0.05, 0) is 51.0 Å². The van der Waals surface area contributed by atoms with E-state index in [0.29, 0.717) is 16.4 Å². The lowest BCUT2D eigenvalue weighted by Crippen LogP contribution is -2.00. The van der Waals surface area contributed by atoms with E-state index in [2.05, 4.69) is 92.6 Å². The SMILES string of the molecule is Brc1nc(-c2cccc3c2Sc2ccccc2S3)nc(-c2cccc3ccccc23)n1. The fraction of sp³-hybridized carbons (Fsp3) is 0. The molecule has 0 aliphatic carbocycles. The first-order chi connectivity index (χ1) is 15.3. The Kier molecular flexibility index (Phi) is 4.78. The van der Waals surface area contributed by atoms with Crippen LogP contribution in [0, 0.1) is 0 Å². The van der Waals surface area contributed by atoms with Gasteiger partial charge in [-0.2, -0.15) is 0 Å². The van der Waals surface area contributed by atoms with Crippen molar-refractivity contribution in [3.63, 3.8) is 0 Å². The highest BCUT2D eigenvalue weighted by atomic mass is 79.9. The Morgan fingerprint density at radius 3 is 2.03 bits per heavy atom. The summed E-state index contributed by atoms with van der Waals surface area (Å²) in [4.78, 5) is 19.1. The van der Waals surface area contributed by atoms with Crippen molar-refractivity contribution in [2.75, 3.05) is 0 Å². The maximum atomic E-state index is 4.91. The molecule has 0 amide bonds. The molecule has 5 aromatic rings. The Balaban J connectivity index is 1.52. The van der Waals surface area contributed by atoms with E-state index in [4.69, 9.17) is 4.98 Å². The van der Waals surface area contributed by atoms with Crippen LogP contribution in [0.4, 0.5) is 0 Å². The number of hydrogen-bond acceptors (Lipinski definition) is 5. The van der Waals surface area contributed by atoms with Gasteiger partial charge in [0.25, 0.3) is 0 Å². The Labute approximate surface area is 196 Å². The Morgan fingerprint density at radius 1 is 0.548 bits per heavy atom. The average Bonchev–Trinajstić information content (AvgIpc) is 2.81. The summed E-state index contributed by atoms with van der Waals surface area (Å²) >= 11 is 7.09. The molecule has 148 valence electrons. The van der Waals surface area contributed by atoms with Gasteiger partial charge in [0.15, 0.2) is 11.6 Å². The highest BCUT2D eigenvalue weighted by Gasteiger charge is 2.22. The lowest BCUT2D eigenvalue weighted by atomic mass is 10.0.